The van der Waals surface area contributed by atoms with Gasteiger partial charge in [0.1, 0.15) is 11.3 Å². The zero-order valence-corrected chi connectivity index (χ0v) is 30.5. The number of carbonyl (C=O) groups is 3. The molecule has 54 heavy (non-hydrogen) atoms. The number of imide groups is 1. The Kier molecular flexibility index (Phi) is 8.85. The van der Waals surface area contributed by atoms with E-state index >= 15 is 0 Å². The molecular weight excluding hydrogens is 683 g/mol. The van der Waals surface area contributed by atoms with Gasteiger partial charge in [-0.15, -0.1) is 0 Å². The van der Waals surface area contributed by atoms with Gasteiger partial charge in [-0.2, -0.15) is 0 Å². The predicted molar refractivity (Wildman–Crippen MR) is 206 cm³/mol. The third-order valence-corrected chi connectivity index (χ3v) is 10.5. The van der Waals surface area contributed by atoms with Crippen molar-refractivity contribution in [1.82, 2.24) is 29.7 Å². The van der Waals surface area contributed by atoms with E-state index in [1.807, 2.05) is 38.5 Å². The van der Waals surface area contributed by atoms with Crippen molar-refractivity contribution in [2.45, 2.75) is 51.4 Å². The maximum Gasteiger partial charge on any atom is 0.328 e. The summed E-state index contributed by atoms with van der Waals surface area (Å²) >= 11 is 0. The van der Waals surface area contributed by atoms with Crippen molar-refractivity contribution in [3.63, 3.8) is 0 Å². The normalized spacial score (nSPS) is 15.6. The smallest absolute Gasteiger partial charge is 0.328 e. The molecule has 2 aromatic carbocycles. The van der Waals surface area contributed by atoms with E-state index in [1.54, 1.807) is 33.7 Å². The van der Waals surface area contributed by atoms with E-state index < -0.39 is 5.92 Å². The lowest BCUT2D eigenvalue weighted by Gasteiger charge is -2.32. The summed E-state index contributed by atoms with van der Waals surface area (Å²) in [5, 5.41) is 5.97. The summed E-state index contributed by atoms with van der Waals surface area (Å²) in [6, 6.07) is 15.4. The Labute approximate surface area is 311 Å². The van der Waals surface area contributed by atoms with Gasteiger partial charge in [-0.1, -0.05) is 25.7 Å². The summed E-state index contributed by atoms with van der Waals surface area (Å²) in [5.41, 5.74) is 10.2. The van der Waals surface area contributed by atoms with Crippen molar-refractivity contribution >= 4 is 51.1 Å². The molecule has 1 atom stereocenters. The number of hydrogen-bond donors (Lipinski definition) is 2. The molecule has 3 amide bonds. The van der Waals surface area contributed by atoms with Crippen LogP contribution >= 0.6 is 0 Å². The van der Waals surface area contributed by atoms with E-state index in [0.717, 1.165) is 69.6 Å². The number of piperidine rings is 1. The first kappa shape index (κ1) is 34.6. The average molecular weight is 722 g/mol. The molecule has 12 heteroatoms. The summed E-state index contributed by atoms with van der Waals surface area (Å²) in [6.45, 7) is 5.26. The van der Waals surface area contributed by atoms with Crippen LogP contribution in [0.25, 0.3) is 33.3 Å². The highest BCUT2D eigenvalue weighted by molar-refractivity contribution is 6.03. The number of aromatic nitrogens is 4. The first-order valence-corrected chi connectivity index (χ1v) is 18.1. The van der Waals surface area contributed by atoms with E-state index in [9.17, 15) is 19.2 Å². The van der Waals surface area contributed by atoms with E-state index in [0.29, 0.717) is 17.6 Å². The molecule has 0 bridgehead atoms. The minimum absolute atomic E-state index is 0.0374. The monoisotopic (exact) mass is 721 g/mol. The number of benzene rings is 2. The van der Waals surface area contributed by atoms with Crippen LogP contribution in [0.3, 0.4) is 0 Å². The Morgan fingerprint density at radius 3 is 2.65 bits per heavy atom. The van der Waals surface area contributed by atoms with Crippen molar-refractivity contribution in [1.29, 1.82) is 0 Å². The number of amides is 3. The van der Waals surface area contributed by atoms with Gasteiger partial charge in [0.25, 0.3) is 5.91 Å². The third kappa shape index (κ3) is 6.21. The highest BCUT2D eigenvalue weighted by Gasteiger charge is 2.30. The number of anilines is 2. The fourth-order valence-electron chi connectivity index (χ4n) is 7.60. The molecule has 6 heterocycles. The minimum Gasteiger partial charge on any atom is -0.464 e. The molecular formula is C42H39N7O5. The summed E-state index contributed by atoms with van der Waals surface area (Å²) in [7, 11) is 3.65. The summed E-state index contributed by atoms with van der Waals surface area (Å²) in [6.07, 6.45) is 7.73. The SMILES string of the molecule is CC(C)c1cc(N2CCCc3cc(-c4ccc(C(=O)NCC#Cc5ccc6occ(C7CCC(=O)NC7=O)c6c5)nc4)ncc32)cc2c1n(C)c(=O)n2C. The van der Waals surface area contributed by atoms with Gasteiger partial charge in [0.05, 0.1) is 47.3 Å². The van der Waals surface area contributed by atoms with Crippen LogP contribution < -0.4 is 21.2 Å². The van der Waals surface area contributed by atoms with E-state index in [2.05, 4.69) is 64.4 Å². The molecule has 8 rings (SSSR count). The highest BCUT2D eigenvalue weighted by atomic mass is 16.3. The van der Waals surface area contributed by atoms with Gasteiger partial charge in [0, 0.05) is 61.0 Å². The maximum atomic E-state index is 12.9. The molecule has 1 saturated heterocycles. The predicted octanol–water partition coefficient (Wildman–Crippen LogP) is 5.59. The number of carbonyl (C=O) groups excluding carboxylic acids is 3. The first-order chi connectivity index (χ1) is 26.1. The van der Waals surface area contributed by atoms with Gasteiger partial charge in [-0.05, 0) is 84.8 Å². The van der Waals surface area contributed by atoms with Crippen molar-refractivity contribution in [3.05, 3.63) is 106 Å². The number of imidazole rings is 1. The zero-order chi connectivity index (χ0) is 37.7. The number of nitrogens with zero attached hydrogens (tertiary/aromatic N) is 5. The molecule has 0 saturated carbocycles. The standard InChI is InChI=1S/C42H39N7O5/c1-24(2)30-19-28(20-35-39(30)48(4)42(53)47(35)3)49-16-6-8-26-18-34(45-22-36(26)49)27-10-12-33(44-21-27)41(52)43-15-5-7-25-9-13-37-31(17-25)32(23-54-37)29-11-14-38(50)46-40(29)51/h9-10,12-13,17-24,29H,6,8,11,14-16H2,1-4H3,(H,43,52)(H,46,50,51). The van der Waals surface area contributed by atoms with Crippen LogP contribution in [0.2, 0.25) is 0 Å². The van der Waals surface area contributed by atoms with Gasteiger partial charge in [0.2, 0.25) is 11.8 Å². The Balaban J connectivity index is 0.946. The molecule has 0 aliphatic carbocycles. The summed E-state index contributed by atoms with van der Waals surface area (Å²) < 4.78 is 9.11. The Morgan fingerprint density at radius 2 is 1.87 bits per heavy atom. The number of aryl methyl sites for hydroxylation is 3. The second-order valence-electron chi connectivity index (χ2n) is 14.2. The van der Waals surface area contributed by atoms with Crippen LogP contribution in [0.5, 0.6) is 0 Å². The minimum atomic E-state index is -0.461. The van der Waals surface area contributed by atoms with Gasteiger partial charge in [-0.3, -0.25) is 38.8 Å². The fraction of sp³-hybridized carbons (Fsp3) is 0.286. The topological polar surface area (TPSA) is 144 Å². The second kappa shape index (κ2) is 13.8. The quantitative estimate of drug-likeness (QED) is 0.167. The van der Waals surface area contributed by atoms with Crippen molar-refractivity contribution in [2.24, 2.45) is 14.1 Å². The highest BCUT2D eigenvalue weighted by Crippen LogP contribution is 2.38. The molecule has 4 aromatic heterocycles. The van der Waals surface area contributed by atoms with E-state index in [1.165, 1.54) is 5.56 Å². The molecule has 2 aliphatic heterocycles. The largest absolute Gasteiger partial charge is 0.464 e. The molecule has 2 aliphatic rings. The maximum absolute atomic E-state index is 12.9. The molecule has 0 radical (unpaired) electrons. The van der Waals surface area contributed by atoms with Crippen LogP contribution in [0.1, 0.15) is 77.7 Å². The third-order valence-electron chi connectivity index (χ3n) is 10.5. The number of rotatable bonds is 6. The number of hydrogen-bond acceptors (Lipinski definition) is 8. The summed E-state index contributed by atoms with van der Waals surface area (Å²) in [4.78, 5) is 61.3. The van der Waals surface area contributed by atoms with Crippen molar-refractivity contribution in [3.8, 4) is 23.1 Å². The van der Waals surface area contributed by atoms with Crippen LogP contribution in [-0.4, -0.2) is 49.9 Å². The van der Waals surface area contributed by atoms with E-state index in [4.69, 9.17) is 9.40 Å². The van der Waals surface area contributed by atoms with Crippen LogP contribution in [0.15, 0.2) is 76.4 Å². The second-order valence-corrected chi connectivity index (χ2v) is 14.2. The number of nitrogens with one attached hydrogen (secondary N) is 2. The Hall–Kier alpha value is -6.48. The lowest BCUT2D eigenvalue weighted by Crippen LogP contribution is -2.39. The molecule has 0 spiro atoms. The Bertz CT molecular complexity index is 2620. The molecule has 6 aromatic rings. The van der Waals surface area contributed by atoms with Crippen LogP contribution in [0, 0.1) is 11.8 Å². The van der Waals surface area contributed by atoms with Gasteiger partial charge in [-0.25, -0.2) is 4.79 Å². The van der Waals surface area contributed by atoms with Crippen molar-refractivity contribution in [2.75, 3.05) is 18.0 Å². The number of fused-ring (bicyclic) bond motifs is 3. The first-order valence-electron chi connectivity index (χ1n) is 18.1. The van der Waals surface area contributed by atoms with Gasteiger partial charge < -0.3 is 14.6 Å². The van der Waals surface area contributed by atoms with Crippen LogP contribution in [0.4, 0.5) is 11.4 Å². The van der Waals surface area contributed by atoms with Crippen molar-refractivity contribution < 1.29 is 18.8 Å². The van der Waals surface area contributed by atoms with Gasteiger partial charge in [0.15, 0.2) is 0 Å². The van der Waals surface area contributed by atoms with E-state index in [-0.39, 0.29) is 48.0 Å². The lowest BCUT2D eigenvalue weighted by molar-refractivity contribution is -0.134. The molecule has 12 nitrogen and oxygen atoms in total. The van der Waals surface area contributed by atoms with Crippen LogP contribution in [-0.2, 0) is 30.1 Å². The molecule has 1 unspecified atom stereocenters. The fourth-order valence-corrected chi connectivity index (χ4v) is 7.60. The Morgan fingerprint density at radius 1 is 1.02 bits per heavy atom. The van der Waals surface area contributed by atoms with Gasteiger partial charge >= 0.3 is 5.69 Å². The molecule has 1 fully saturated rings. The average Bonchev–Trinajstić information content (AvgIpc) is 3.69. The molecule has 272 valence electrons. The number of furan rings is 1. The molecule has 2 N–H and O–H groups in total. The lowest BCUT2D eigenvalue weighted by atomic mass is 9.90. The zero-order valence-electron chi connectivity index (χ0n) is 30.5. The number of pyridine rings is 2. The summed E-state index contributed by atoms with van der Waals surface area (Å²) in [5.74, 6) is 4.89.